The number of ether oxygens (including phenoxy) is 1. The average Bonchev–Trinajstić information content (AvgIpc) is 3.13. The molecule has 1 fully saturated rings. The number of aromatic nitrogens is 3. The van der Waals surface area contributed by atoms with Crippen LogP contribution in [0.25, 0.3) is 5.69 Å². The molecule has 8 nitrogen and oxygen atoms in total. The van der Waals surface area contributed by atoms with Gasteiger partial charge in [-0.05, 0) is 39.0 Å². The highest BCUT2D eigenvalue weighted by atomic mass is 35.5. The van der Waals surface area contributed by atoms with Gasteiger partial charge in [0.1, 0.15) is 11.9 Å². The van der Waals surface area contributed by atoms with Crippen LogP contribution >= 0.6 is 23.4 Å². The zero-order valence-electron chi connectivity index (χ0n) is 16.7. The Morgan fingerprint density at radius 3 is 2.52 bits per heavy atom. The second-order valence-electron chi connectivity index (χ2n) is 7.60. The fourth-order valence-corrected chi connectivity index (χ4v) is 3.82. The van der Waals surface area contributed by atoms with E-state index < -0.39 is 5.60 Å². The molecule has 2 heterocycles. The summed E-state index contributed by atoms with van der Waals surface area (Å²) in [6.45, 7) is 7.41. The highest BCUT2D eigenvalue weighted by molar-refractivity contribution is 7.99. The molecule has 1 aliphatic rings. The minimum Gasteiger partial charge on any atom is -0.444 e. The van der Waals surface area contributed by atoms with E-state index in [1.54, 1.807) is 26.8 Å². The van der Waals surface area contributed by atoms with Crippen molar-refractivity contribution < 1.29 is 14.3 Å². The van der Waals surface area contributed by atoms with Gasteiger partial charge in [0, 0.05) is 31.2 Å². The van der Waals surface area contributed by atoms with Crippen molar-refractivity contribution in [3.63, 3.8) is 0 Å². The van der Waals surface area contributed by atoms with Crippen molar-refractivity contribution in [2.24, 2.45) is 0 Å². The highest BCUT2D eigenvalue weighted by Gasteiger charge is 2.27. The molecule has 0 bridgehead atoms. The summed E-state index contributed by atoms with van der Waals surface area (Å²) in [4.78, 5) is 28.1. The van der Waals surface area contributed by atoms with Gasteiger partial charge in [-0.15, -0.1) is 10.2 Å². The number of hydrogen-bond donors (Lipinski definition) is 0. The van der Waals surface area contributed by atoms with E-state index in [1.165, 1.54) is 11.8 Å². The number of carbonyl (C=O) groups is 2. The molecule has 2 amide bonds. The molecule has 2 aromatic rings. The zero-order valence-corrected chi connectivity index (χ0v) is 18.2. The van der Waals surface area contributed by atoms with Crippen LogP contribution in [0.5, 0.6) is 0 Å². The van der Waals surface area contributed by atoms with Gasteiger partial charge in [-0.25, -0.2) is 4.79 Å². The first-order chi connectivity index (χ1) is 13.7. The van der Waals surface area contributed by atoms with Gasteiger partial charge < -0.3 is 14.5 Å². The van der Waals surface area contributed by atoms with Gasteiger partial charge in [-0.3, -0.25) is 9.36 Å². The zero-order chi connectivity index (χ0) is 21.0. The lowest BCUT2D eigenvalue weighted by Gasteiger charge is -2.35. The minimum absolute atomic E-state index is 0.000479. The molecule has 0 aliphatic carbocycles. The lowest BCUT2D eigenvalue weighted by molar-refractivity contribution is -0.130. The number of hydrogen-bond acceptors (Lipinski definition) is 6. The summed E-state index contributed by atoms with van der Waals surface area (Å²) in [7, 11) is 0. The van der Waals surface area contributed by atoms with Crippen molar-refractivity contribution in [1.29, 1.82) is 0 Å². The maximum Gasteiger partial charge on any atom is 0.410 e. The second-order valence-corrected chi connectivity index (χ2v) is 8.98. The predicted octanol–water partition coefficient (Wildman–Crippen LogP) is 3.09. The third-order valence-electron chi connectivity index (χ3n) is 4.21. The van der Waals surface area contributed by atoms with E-state index >= 15 is 0 Å². The van der Waals surface area contributed by atoms with Crippen LogP contribution in [-0.4, -0.2) is 74.1 Å². The number of thioether (sulfide) groups is 1. The Morgan fingerprint density at radius 1 is 1.17 bits per heavy atom. The summed E-state index contributed by atoms with van der Waals surface area (Å²) >= 11 is 7.37. The van der Waals surface area contributed by atoms with Crippen molar-refractivity contribution in [3.05, 3.63) is 35.6 Å². The third kappa shape index (κ3) is 5.86. The summed E-state index contributed by atoms with van der Waals surface area (Å²) in [6, 6.07) is 7.35. The second kappa shape index (κ2) is 9.04. The lowest BCUT2D eigenvalue weighted by Crippen LogP contribution is -2.52. The van der Waals surface area contributed by atoms with Crippen molar-refractivity contribution in [2.75, 3.05) is 31.9 Å². The summed E-state index contributed by atoms with van der Waals surface area (Å²) in [5.41, 5.74) is 0.308. The van der Waals surface area contributed by atoms with Gasteiger partial charge >= 0.3 is 6.09 Å². The molecule has 156 valence electrons. The van der Waals surface area contributed by atoms with Crippen LogP contribution in [0.4, 0.5) is 4.79 Å². The number of amides is 2. The maximum absolute atomic E-state index is 12.6. The van der Waals surface area contributed by atoms with Gasteiger partial charge in [0.2, 0.25) is 5.91 Å². The molecule has 29 heavy (non-hydrogen) atoms. The van der Waals surface area contributed by atoms with Gasteiger partial charge in [-0.1, -0.05) is 29.4 Å². The Labute approximate surface area is 179 Å². The summed E-state index contributed by atoms with van der Waals surface area (Å²) in [5, 5.41) is 9.28. The Bertz CT molecular complexity index is 875. The number of piperazine rings is 1. The molecule has 1 aromatic heterocycles. The first kappa shape index (κ1) is 21.4. The fraction of sp³-hybridized carbons (Fsp3) is 0.474. The monoisotopic (exact) mass is 437 g/mol. The molecule has 10 heteroatoms. The fourth-order valence-electron chi connectivity index (χ4n) is 2.81. The van der Waals surface area contributed by atoms with Gasteiger partial charge in [0.15, 0.2) is 5.16 Å². The first-order valence-electron chi connectivity index (χ1n) is 9.27. The number of rotatable bonds is 4. The first-order valence-corrected chi connectivity index (χ1v) is 10.6. The largest absolute Gasteiger partial charge is 0.444 e. The van der Waals surface area contributed by atoms with Crippen LogP contribution in [0, 0.1) is 0 Å². The van der Waals surface area contributed by atoms with E-state index in [0.29, 0.717) is 36.4 Å². The molecule has 0 unspecified atom stereocenters. The van der Waals surface area contributed by atoms with E-state index in [9.17, 15) is 9.59 Å². The standard InChI is InChI=1S/C19H24ClN5O3S/c1-19(2,3)28-18(27)24-9-7-23(8-10-24)16(26)12-29-17-22-21-13-25(17)15-6-4-5-14(20)11-15/h4-6,11,13H,7-10,12H2,1-3H3. The summed E-state index contributed by atoms with van der Waals surface area (Å²) in [5.74, 6) is 0.241. The van der Waals surface area contributed by atoms with Crippen molar-refractivity contribution in [3.8, 4) is 5.69 Å². The van der Waals surface area contributed by atoms with E-state index in [1.807, 2.05) is 39.0 Å². The molecule has 0 N–H and O–H groups in total. The van der Waals surface area contributed by atoms with Crippen LogP contribution in [0.3, 0.4) is 0 Å². The molecule has 0 saturated carbocycles. The molecular formula is C19H24ClN5O3S. The van der Waals surface area contributed by atoms with E-state index in [4.69, 9.17) is 16.3 Å². The van der Waals surface area contributed by atoms with Gasteiger partial charge in [0.05, 0.1) is 11.4 Å². The van der Waals surface area contributed by atoms with Crippen LogP contribution in [0.2, 0.25) is 5.02 Å². The normalized spacial score (nSPS) is 14.8. The number of nitrogens with zero attached hydrogens (tertiary/aromatic N) is 5. The van der Waals surface area contributed by atoms with E-state index in [2.05, 4.69) is 10.2 Å². The van der Waals surface area contributed by atoms with Gasteiger partial charge in [0.25, 0.3) is 0 Å². The molecule has 0 spiro atoms. The highest BCUT2D eigenvalue weighted by Crippen LogP contribution is 2.22. The van der Waals surface area contributed by atoms with Crippen molar-refractivity contribution >= 4 is 35.4 Å². The molecular weight excluding hydrogens is 414 g/mol. The van der Waals surface area contributed by atoms with E-state index in [0.717, 1.165) is 5.69 Å². The van der Waals surface area contributed by atoms with Crippen LogP contribution in [-0.2, 0) is 9.53 Å². The molecule has 1 aromatic carbocycles. The third-order valence-corrected chi connectivity index (χ3v) is 5.37. The summed E-state index contributed by atoms with van der Waals surface area (Å²) < 4.78 is 7.18. The molecule has 0 radical (unpaired) electrons. The Morgan fingerprint density at radius 2 is 1.86 bits per heavy atom. The molecule has 3 rings (SSSR count). The lowest BCUT2D eigenvalue weighted by atomic mass is 10.2. The Hall–Kier alpha value is -2.26. The van der Waals surface area contributed by atoms with Crippen LogP contribution in [0.1, 0.15) is 20.8 Å². The minimum atomic E-state index is -0.528. The quantitative estimate of drug-likeness (QED) is 0.684. The van der Waals surface area contributed by atoms with Crippen molar-refractivity contribution in [2.45, 2.75) is 31.5 Å². The van der Waals surface area contributed by atoms with Crippen LogP contribution in [0.15, 0.2) is 35.7 Å². The smallest absolute Gasteiger partial charge is 0.410 e. The topological polar surface area (TPSA) is 80.6 Å². The molecule has 0 atom stereocenters. The average molecular weight is 438 g/mol. The Balaban J connectivity index is 1.52. The number of halogens is 1. The SMILES string of the molecule is CC(C)(C)OC(=O)N1CCN(C(=O)CSc2nncn2-c2cccc(Cl)c2)CC1. The predicted molar refractivity (Wildman–Crippen MR) is 111 cm³/mol. The van der Waals surface area contributed by atoms with Crippen molar-refractivity contribution in [1.82, 2.24) is 24.6 Å². The van der Waals surface area contributed by atoms with Gasteiger partial charge in [-0.2, -0.15) is 0 Å². The number of benzene rings is 1. The Kier molecular flexibility index (Phi) is 6.69. The van der Waals surface area contributed by atoms with E-state index in [-0.39, 0.29) is 17.8 Å². The van der Waals surface area contributed by atoms with Crippen LogP contribution < -0.4 is 0 Å². The molecule has 1 aliphatic heterocycles. The maximum atomic E-state index is 12.6. The number of carbonyl (C=O) groups excluding carboxylic acids is 2. The summed E-state index contributed by atoms with van der Waals surface area (Å²) in [6.07, 6.45) is 1.26. The molecule has 1 saturated heterocycles.